The summed E-state index contributed by atoms with van der Waals surface area (Å²) < 4.78 is 119. The highest BCUT2D eigenvalue weighted by atomic mass is 35.5. The zero-order valence-corrected chi connectivity index (χ0v) is 30.8. The number of nitrogens with two attached hydrogens (primary N) is 1. The zero-order valence-electron chi connectivity index (χ0n) is 30.1. The molecule has 0 saturated heterocycles. The lowest BCUT2D eigenvalue weighted by molar-refractivity contribution is -0.218. The number of carbonyl (C=O) groups is 2. The number of amides is 2. The van der Waals surface area contributed by atoms with Gasteiger partial charge >= 0.3 is 18.4 Å². The summed E-state index contributed by atoms with van der Waals surface area (Å²) in [5.41, 5.74) is -0.751. The highest BCUT2D eigenvalue weighted by molar-refractivity contribution is 6.32. The average molecular weight is 828 g/mol. The van der Waals surface area contributed by atoms with Crippen molar-refractivity contribution in [1.82, 2.24) is 35.0 Å². The van der Waals surface area contributed by atoms with E-state index in [4.69, 9.17) is 22.1 Å². The number of alkyl halides is 8. The van der Waals surface area contributed by atoms with Gasteiger partial charge in [-0.15, -0.1) is 0 Å². The zero-order chi connectivity index (χ0) is 41.3. The van der Waals surface area contributed by atoms with E-state index in [0.29, 0.717) is 11.3 Å². The molecule has 12 nitrogen and oxygen atoms in total. The molecule has 2 aromatic heterocycles. The Morgan fingerprint density at radius 1 is 1.04 bits per heavy atom. The van der Waals surface area contributed by atoms with E-state index >= 15 is 0 Å². The smallest absolute Gasteiger partial charge is 0.411 e. The largest absolute Gasteiger partial charge is 0.447 e. The Labute approximate surface area is 324 Å². The van der Waals surface area contributed by atoms with Gasteiger partial charge in [-0.05, 0) is 61.4 Å². The van der Waals surface area contributed by atoms with Crippen molar-refractivity contribution < 1.29 is 49.4 Å². The number of aliphatic imine (C=N–C) groups is 1. The van der Waals surface area contributed by atoms with E-state index in [0.717, 1.165) is 48.5 Å². The summed E-state index contributed by atoms with van der Waals surface area (Å²) >= 11 is 6.40. The first-order valence-corrected chi connectivity index (χ1v) is 18.0. The molecule has 2 saturated carbocycles. The molecule has 0 spiro atoms. The summed E-state index contributed by atoms with van der Waals surface area (Å²) in [5, 5.41) is 14.3. The number of guanidine groups is 1. The van der Waals surface area contributed by atoms with E-state index in [1.54, 1.807) is 10.1 Å². The average Bonchev–Trinajstić information content (AvgIpc) is 4.00. The van der Waals surface area contributed by atoms with Crippen molar-refractivity contribution in [1.29, 1.82) is 0 Å². The van der Waals surface area contributed by atoms with Crippen LogP contribution in [0.2, 0.25) is 5.02 Å². The number of aromatic nitrogens is 5. The van der Waals surface area contributed by atoms with Crippen LogP contribution in [-0.2, 0) is 15.1 Å². The molecule has 2 aliphatic carbocycles. The molecule has 3 N–H and O–H groups in total. The molecule has 57 heavy (non-hydrogen) atoms. The maximum atomic E-state index is 14.9. The van der Waals surface area contributed by atoms with Gasteiger partial charge in [-0.3, -0.25) is 9.69 Å². The van der Waals surface area contributed by atoms with Crippen LogP contribution in [0.1, 0.15) is 81.3 Å². The molecule has 21 heteroatoms. The number of alkyl carbamates (subject to hydrolysis) is 1. The maximum absolute atomic E-state index is 14.9. The summed E-state index contributed by atoms with van der Waals surface area (Å²) in [6.45, 7) is 0.852. The molecule has 2 aromatic carbocycles. The standard InChI is InChI=1S/C36H34ClF8N9O3/c1-32(2,35(40,41)42)18-34(21-6-3-19(4-7-21)24-16-48-54(51-24)22-8-9-22)29(55)52(30(46)49-34)27(17-57-31(56)50-33(12-13-33)36(43,44)45)20-5-10-23(37)26(15-20)53-25(28(38)39)11-14-47-53/h3-7,10-11,14-16,22,27-28H,8-9,12-13,17-18H2,1-2H3,(H2,46,49)(H,50,56)/t27-,34-/m1/s1. The van der Waals surface area contributed by atoms with E-state index in [1.807, 2.05) is 0 Å². The minimum atomic E-state index is -4.85. The first-order valence-electron chi connectivity index (χ1n) is 17.6. The SMILES string of the molecule is CC(C)(C[C@]1(c2ccc(-c3cnn(C4CC4)n3)cc2)N=C(N)N([C@H](COC(=O)NC2(C(F)(F)F)CC2)c2ccc(Cl)c(-n3nccc3C(F)F)c2)C1=O)C(F)(F)F. The Morgan fingerprint density at radius 2 is 1.72 bits per heavy atom. The Morgan fingerprint density at radius 3 is 2.32 bits per heavy atom. The van der Waals surface area contributed by atoms with Gasteiger partial charge in [-0.25, -0.2) is 23.2 Å². The lowest BCUT2D eigenvalue weighted by atomic mass is 9.74. The monoisotopic (exact) mass is 827 g/mol. The first-order chi connectivity index (χ1) is 26.7. The normalized spacial score (nSPS) is 20.2. The number of halogens is 9. The number of ether oxygens (including phenoxy) is 1. The third kappa shape index (κ3) is 7.38. The molecule has 3 heterocycles. The van der Waals surface area contributed by atoms with Gasteiger partial charge in [0, 0.05) is 11.8 Å². The summed E-state index contributed by atoms with van der Waals surface area (Å²) in [6, 6.07) is 9.24. The van der Waals surface area contributed by atoms with Crippen LogP contribution in [0.15, 0.2) is 65.9 Å². The van der Waals surface area contributed by atoms with Crippen LogP contribution in [-0.4, -0.2) is 72.1 Å². The van der Waals surface area contributed by atoms with E-state index < -0.39 is 90.8 Å². The molecule has 0 radical (unpaired) electrons. The third-order valence-electron chi connectivity index (χ3n) is 10.4. The Balaban J connectivity index is 1.29. The molecule has 1 aliphatic heterocycles. The van der Waals surface area contributed by atoms with Crippen LogP contribution in [0.25, 0.3) is 16.9 Å². The van der Waals surface area contributed by atoms with Gasteiger partial charge in [-0.2, -0.15) is 46.4 Å². The molecule has 0 bridgehead atoms. The fourth-order valence-corrected chi connectivity index (χ4v) is 6.94. The lowest BCUT2D eigenvalue weighted by Crippen LogP contribution is -2.50. The lowest BCUT2D eigenvalue weighted by Gasteiger charge is -2.37. The quantitative estimate of drug-likeness (QED) is 0.138. The fourth-order valence-electron chi connectivity index (χ4n) is 6.74. The second-order valence-electron chi connectivity index (χ2n) is 14.9. The van der Waals surface area contributed by atoms with Crippen LogP contribution in [0, 0.1) is 5.41 Å². The van der Waals surface area contributed by atoms with Gasteiger partial charge in [0.1, 0.15) is 23.5 Å². The molecule has 304 valence electrons. The minimum absolute atomic E-state index is 0.00165. The molecule has 2 fully saturated rings. The second kappa shape index (κ2) is 14.0. The Hall–Kier alpha value is -5.27. The Kier molecular flexibility index (Phi) is 9.80. The van der Waals surface area contributed by atoms with Gasteiger partial charge in [0.2, 0.25) is 0 Å². The highest BCUT2D eigenvalue weighted by Crippen LogP contribution is 2.51. The van der Waals surface area contributed by atoms with Gasteiger partial charge in [0.05, 0.1) is 34.4 Å². The number of carbonyl (C=O) groups excluding carboxylic acids is 2. The van der Waals surface area contributed by atoms with Gasteiger partial charge < -0.3 is 15.8 Å². The third-order valence-corrected chi connectivity index (χ3v) is 10.7. The number of hydrogen-bond donors (Lipinski definition) is 2. The van der Waals surface area contributed by atoms with Crippen LogP contribution >= 0.6 is 11.6 Å². The molecule has 2 amide bonds. The maximum Gasteiger partial charge on any atom is 0.411 e. The van der Waals surface area contributed by atoms with E-state index in [1.165, 1.54) is 48.7 Å². The predicted molar refractivity (Wildman–Crippen MR) is 187 cm³/mol. The fraction of sp³-hybridized carbons (Fsp3) is 0.444. The summed E-state index contributed by atoms with van der Waals surface area (Å²) in [6.07, 6.45) is -11.5. The molecule has 3 aliphatic rings. The summed E-state index contributed by atoms with van der Waals surface area (Å²) in [4.78, 5) is 34.5. The second-order valence-corrected chi connectivity index (χ2v) is 15.3. The van der Waals surface area contributed by atoms with E-state index in [-0.39, 0.29) is 27.9 Å². The summed E-state index contributed by atoms with van der Waals surface area (Å²) in [7, 11) is 0. The van der Waals surface area contributed by atoms with E-state index in [2.05, 4.69) is 20.3 Å². The number of nitrogens with one attached hydrogen (secondary N) is 1. The van der Waals surface area contributed by atoms with Crippen LogP contribution in [0.4, 0.5) is 39.9 Å². The summed E-state index contributed by atoms with van der Waals surface area (Å²) in [5.74, 6) is -1.72. The van der Waals surface area contributed by atoms with Gasteiger partial charge in [0.25, 0.3) is 12.3 Å². The van der Waals surface area contributed by atoms with Crippen LogP contribution < -0.4 is 11.1 Å². The van der Waals surface area contributed by atoms with Crippen molar-refractivity contribution in [3.63, 3.8) is 0 Å². The molecular formula is C36H34ClF8N9O3. The van der Waals surface area contributed by atoms with Crippen molar-refractivity contribution in [2.45, 2.75) is 87.9 Å². The Bertz CT molecular complexity index is 2210. The number of rotatable bonds is 12. The van der Waals surface area contributed by atoms with Gasteiger partial charge in [0.15, 0.2) is 11.5 Å². The molecule has 2 atom stereocenters. The first kappa shape index (κ1) is 39.9. The number of hydrogen-bond acceptors (Lipinski definition) is 8. The highest BCUT2D eigenvalue weighted by Gasteiger charge is 2.65. The van der Waals surface area contributed by atoms with Crippen molar-refractivity contribution in [3.05, 3.63) is 82.8 Å². The topological polar surface area (TPSA) is 146 Å². The molecule has 7 rings (SSSR count). The number of nitrogens with zero attached hydrogens (tertiary/aromatic N) is 7. The van der Waals surface area contributed by atoms with Crippen molar-refractivity contribution in [2.24, 2.45) is 16.1 Å². The number of benzene rings is 2. The van der Waals surface area contributed by atoms with Crippen LogP contribution in [0.3, 0.4) is 0 Å². The van der Waals surface area contributed by atoms with Crippen molar-refractivity contribution in [2.75, 3.05) is 6.61 Å². The van der Waals surface area contributed by atoms with Crippen molar-refractivity contribution in [3.8, 4) is 16.9 Å². The predicted octanol–water partition coefficient (Wildman–Crippen LogP) is 7.95. The van der Waals surface area contributed by atoms with Crippen LogP contribution in [0.5, 0.6) is 0 Å². The molecular weight excluding hydrogens is 794 g/mol. The van der Waals surface area contributed by atoms with Crippen molar-refractivity contribution >= 4 is 29.6 Å². The minimum Gasteiger partial charge on any atom is -0.447 e. The molecule has 0 unspecified atom stereocenters. The molecule has 4 aromatic rings. The van der Waals surface area contributed by atoms with E-state index in [9.17, 15) is 44.7 Å². The van der Waals surface area contributed by atoms with Gasteiger partial charge in [-0.1, -0.05) is 55.8 Å².